The highest BCUT2D eigenvalue weighted by atomic mass is 16.1. The van der Waals surface area contributed by atoms with Crippen LogP contribution in [-0.4, -0.2) is 5.78 Å². The van der Waals surface area contributed by atoms with Gasteiger partial charge in [0.25, 0.3) is 0 Å². The van der Waals surface area contributed by atoms with Crippen molar-refractivity contribution in [1.82, 2.24) is 0 Å². The molecular formula is C15H15NO. The van der Waals surface area contributed by atoms with Crippen molar-refractivity contribution in [2.45, 2.75) is 13.8 Å². The maximum atomic E-state index is 12.4. The van der Waals surface area contributed by atoms with Crippen LogP contribution in [0.2, 0.25) is 0 Å². The van der Waals surface area contributed by atoms with Crippen molar-refractivity contribution in [3.8, 4) is 0 Å². The highest BCUT2D eigenvalue weighted by Crippen LogP contribution is 2.20. The van der Waals surface area contributed by atoms with Crippen LogP contribution < -0.4 is 5.73 Å². The summed E-state index contributed by atoms with van der Waals surface area (Å²) in [6.07, 6.45) is 0. The highest BCUT2D eigenvalue weighted by molar-refractivity contribution is 6.12. The molecule has 17 heavy (non-hydrogen) atoms. The molecule has 0 amide bonds. The zero-order valence-electron chi connectivity index (χ0n) is 10.0. The van der Waals surface area contributed by atoms with E-state index in [4.69, 9.17) is 5.73 Å². The minimum atomic E-state index is -0.00991. The largest absolute Gasteiger partial charge is 0.398 e. The molecule has 2 heteroatoms. The van der Waals surface area contributed by atoms with Crippen LogP contribution in [-0.2, 0) is 0 Å². The van der Waals surface area contributed by atoms with E-state index in [2.05, 4.69) is 0 Å². The van der Waals surface area contributed by atoms with E-state index in [9.17, 15) is 4.79 Å². The molecule has 0 aliphatic rings. The van der Waals surface area contributed by atoms with Crippen LogP contribution in [0, 0.1) is 13.8 Å². The minimum Gasteiger partial charge on any atom is -0.398 e. The summed E-state index contributed by atoms with van der Waals surface area (Å²) >= 11 is 0. The molecule has 0 heterocycles. The van der Waals surface area contributed by atoms with Crippen LogP contribution >= 0.6 is 0 Å². The normalized spacial score (nSPS) is 10.2. The van der Waals surface area contributed by atoms with Gasteiger partial charge in [0, 0.05) is 16.8 Å². The summed E-state index contributed by atoms with van der Waals surface area (Å²) in [6, 6.07) is 12.9. The average molecular weight is 225 g/mol. The number of aryl methyl sites for hydroxylation is 1. The van der Waals surface area contributed by atoms with E-state index < -0.39 is 0 Å². The molecule has 2 nitrogen and oxygen atoms in total. The molecule has 86 valence electrons. The van der Waals surface area contributed by atoms with Crippen molar-refractivity contribution in [2.24, 2.45) is 0 Å². The van der Waals surface area contributed by atoms with Crippen molar-refractivity contribution < 1.29 is 4.79 Å². The molecular weight excluding hydrogens is 210 g/mol. The smallest absolute Gasteiger partial charge is 0.195 e. The number of hydrogen-bond donors (Lipinski definition) is 1. The Morgan fingerprint density at radius 3 is 2.29 bits per heavy atom. The predicted octanol–water partition coefficient (Wildman–Crippen LogP) is 3.12. The lowest BCUT2D eigenvalue weighted by molar-refractivity contribution is 0.103. The number of nitrogens with two attached hydrogens (primary N) is 1. The number of carbonyl (C=O) groups is 1. The first-order valence-electron chi connectivity index (χ1n) is 5.56. The second-order valence-corrected chi connectivity index (χ2v) is 4.16. The molecule has 0 fully saturated rings. The lowest BCUT2D eigenvalue weighted by Gasteiger charge is -2.09. The van der Waals surface area contributed by atoms with Crippen molar-refractivity contribution in [3.63, 3.8) is 0 Å². The van der Waals surface area contributed by atoms with Crippen molar-refractivity contribution in [3.05, 3.63) is 64.7 Å². The summed E-state index contributed by atoms with van der Waals surface area (Å²) in [5.41, 5.74) is 9.78. The van der Waals surface area contributed by atoms with Gasteiger partial charge in [0.05, 0.1) is 0 Å². The molecule has 0 spiro atoms. The number of ketones is 1. The zero-order valence-corrected chi connectivity index (χ0v) is 10.0. The Morgan fingerprint density at radius 1 is 0.941 bits per heavy atom. The van der Waals surface area contributed by atoms with Gasteiger partial charge >= 0.3 is 0 Å². The summed E-state index contributed by atoms with van der Waals surface area (Å²) in [7, 11) is 0. The Bertz CT molecular complexity index is 573. The number of nitrogen functional groups attached to an aromatic ring is 1. The van der Waals surface area contributed by atoms with E-state index in [1.54, 1.807) is 12.1 Å². The Kier molecular flexibility index (Phi) is 2.96. The topological polar surface area (TPSA) is 43.1 Å². The number of benzene rings is 2. The first-order chi connectivity index (χ1) is 8.11. The summed E-state index contributed by atoms with van der Waals surface area (Å²) in [6.45, 7) is 3.96. The van der Waals surface area contributed by atoms with E-state index in [1.807, 2.05) is 44.2 Å². The van der Waals surface area contributed by atoms with Gasteiger partial charge in [0.2, 0.25) is 0 Å². The van der Waals surface area contributed by atoms with E-state index in [0.717, 1.165) is 16.7 Å². The highest BCUT2D eigenvalue weighted by Gasteiger charge is 2.14. The summed E-state index contributed by atoms with van der Waals surface area (Å²) < 4.78 is 0. The summed E-state index contributed by atoms with van der Waals surface area (Å²) in [4.78, 5) is 12.4. The maximum Gasteiger partial charge on any atom is 0.195 e. The number of hydrogen-bond acceptors (Lipinski definition) is 2. The molecule has 0 radical (unpaired) electrons. The SMILES string of the molecule is Cc1cccc(C(=O)c2ccccc2N)c1C. The monoisotopic (exact) mass is 225 g/mol. The molecule has 0 atom stereocenters. The van der Waals surface area contributed by atoms with Crippen LogP contribution in [0.5, 0.6) is 0 Å². The van der Waals surface area contributed by atoms with E-state index in [-0.39, 0.29) is 5.78 Å². The molecule has 2 aromatic carbocycles. The second kappa shape index (κ2) is 4.42. The molecule has 2 rings (SSSR count). The van der Waals surface area contributed by atoms with Crippen molar-refractivity contribution >= 4 is 11.5 Å². The molecule has 0 aromatic heterocycles. The van der Waals surface area contributed by atoms with Gasteiger partial charge in [-0.3, -0.25) is 4.79 Å². The quantitative estimate of drug-likeness (QED) is 0.630. The number of rotatable bonds is 2. The molecule has 2 aromatic rings. The third-order valence-electron chi connectivity index (χ3n) is 3.05. The van der Waals surface area contributed by atoms with Crippen LogP contribution in [0.15, 0.2) is 42.5 Å². The fraction of sp³-hybridized carbons (Fsp3) is 0.133. The van der Waals surface area contributed by atoms with Gasteiger partial charge in [0.15, 0.2) is 5.78 Å². The van der Waals surface area contributed by atoms with Gasteiger partial charge in [-0.2, -0.15) is 0 Å². The molecule has 0 unspecified atom stereocenters. The number of carbonyl (C=O) groups excluding carboxylic acids is 1. The van der Waals surface area contributed by atoms with Crippen LogP contribution in [0.3, 0.4) is 0 Å². The van der Waals surface area contributed by atoms with E-state index in [1.165, 1.54) is 0 Å². The first kappa shape index (κ1) is 11.4. The number of anilines is 1. The molecule has 2 N–H and O–H groups in total. The molecule has 0 bridgehead atoms. The zero-order chi connectivity index (χ0) is 12.4. The van der Waals surface area contributed by atoms with Gasteiger partial charge in [-0.15, -0.1) is 0 Å². The lowest BCUT2D eigenvalue weighted by Crippen LogP contribution is -2.07. The van der Waals surface area contributed by atoms with Gasteiger partial charge < -0.3 is 5.73 Å². The van der Waals surface area contributed by atoms with E-state index in [0.29, 0.717) is 11.3 Å². The predicted molar refractivity (Wildman–Crippen MR) is 70.2 cm³/mol. The van der Waals surface area contributed by atoms with E-state index >= 15 is 0 Å². The maximum absolute atomic E-state index is 12.4. The second-order valence-electron chi connectivity index (χ2n) is 4.16. The van der Waals surface area contributed by atoms with Gasteiger partial charge in [-0.05, 0) is 37.1 Å². The fourth-order valence-electron chi connectivity index (χ4n) is 1.85. The summed E-state index contributed by atoms with van der Waals surface area (Å²) in [5, 5.41) is 0. The van der Waals surface area contributed by atoms with Crippen LogP contribution in [0.4, 0.5) is 5.69 Å². The molecule has 0 aliphatic heterocycles. The standard InChI is InChI=1S/C15H15NO/c1-10-6-5-8-12(11(10)2)15(17)13-7-3-4-9-14(13)16/h3-9H,16H2,1-2H3. The lowest BCUT2D eigenvalue weighted by atomic mass is 9.95. The third kappa shape index (κ3) is 2.07. The molecule has 0 saturated heterocycles. The number of para-hydroxylation sites is 1. The van der Waals surface area contributed by atoms with Crippen molar-refractivity contribution in [2.75, 3.05) is 5.73 Å². The van der Waals surface area contributed by atoms with Gasteiger partial charge in [-0.1, -0.05) is 30.3 Å². The van der Waals surface area contributed by atoms with Gasteiger partial charge in [0.1, 0.15) is 0 Å². The molecule has 0 aliphatic carbocycles. The van der Waals surface area contributed by atoms with Crippen LogP contribution in [0.25, 0.3) is 0 Å². The average Bonchev–Trinajstić information content (AvgIpc) is 2.32. The van der Waals surface area contributed by atoms with Gasteiger partial charge in [-0.25, -0.2) is 0 Å². The summed E-state index contributed by atoms with van der Waals surface area (Å²) in [5.74, 6) is -0.00991. The Balaban J connectivity index is 2.52. The fourth-order valence-corrected chi connectivity index (χ4v) is 1.85. The minimum absolute atomic E-state index is 0.00991. The van der Waals surface area contributed by atoms with Crippen molar-refractivity contribution in [1.29, 1.82) is 0 Å². The molecule has 0 saturated carbocycles. The van der Waals surface area contributed by atoms with Crippen LogP contribution in [0.1, 0.15) is 27.0 Å². The third-order valence-corrected chi connectivity index (χ3v) is 3.05. The Morgan fingerprint density at radius 2 is 1.59 bits per heavy atom. The Hall–Kier alpha value is -2.09. The Labute approximate surface area is 101 Å². The first-order valence-corrected chi connectivity index (χ1v) is 5.56.